The number of benzene rings is 2. The second-order valence-electron chi connectivity index (χ2n) is 5.10. The van der Waals surface area contributed by atoms with E-state index in [9.17, 15) is 8.78 Å². The lowest BCUT2D eigenvalue weighted by atomic mass is 10.0. The predicted molar refractivity (Wildman–Crippen MR) is 76.5 cm³/mol. The molecule has 2 aromatic rings. The van der Waals surface area contributed by atoms with E-state index in [-0.39, 0.29) is 17.4 Å². The first-order valence-corrected chi connectivity index (χ1v) is 6.73. The second-order valence-corrected chi connectivity index (χ2v) is 5.10. The predicted octanol–water partition coefficient (Wildman–Crippen LogP) is 3.89. The van der Waals surface area contributed by atoms with E-state index in [1.807, 2.05) is 30.3 Å². The number of hydrogen-bond donors (Lipinski definition) is 1. The Morgan fingerprint density at radius 3 is 2.35 bits per heavy atom. The lowest BCUT2D eigenvalue weighted by molar-refractivity contribution is 0.566. The summed E-state index contributed by atoms with van der Waals surface area (Å²) in [6, 6.07) is 12.2. The summed E-state index contributed by atoms with van der Waals surface area (Å²) < 4.78 is 28.2. The zero-order valence-corrected chi connectivity index (χ0v) is 11.0. The van der Waals surface area contributed by atoms with Crippen molar-refractivity contribution in [1.82, 2.24) is 0 Å². The van der Waals surface area contributed by atoms with Gasteiger partial charge < -0.3 is 10.6 Å². The molecule has 0 amide bonds. The van der Waals surface area contributed by atoms with Crippen LogP contribution in [0.15, 0.2) is 42.5 Å². The van der Waals surface area contributed by atoms with Crippen LogP contribution in [0.1, 0.15) is 24.4 Å². The zero-order chi connectivity index (χ0) is 14.1. The first-order valence-electron chi connectivity index (χ1n) is 6.73. The lowest BCUT2D eigenvalue weighted by Crippen LogP contribution is -2.24. The topological polar surface area (TPSA) is 29.3 Å². The average molecular weight is 274 g/mol. The van der Waals surface area contributed by atoms with E-state index < -0.39 is 11.6 Å². The maximum absolute atomic E-state index is 14.1. The molecule has 1 unspecified atom stereocenters. The van der Waals surface area contributed by atoms with Gasteiger partial charge in [-0.2, -0.15) is 0 Å². The Bertz CT molecular complexity index is 590. The van der Waals surface area contributed by atoms with E-state index in [1.165, 1.54) is 12.1 Å². The molecule has 2 nitrogen and oxygen atoms in total. The molecule has 1 atom stereocenters. The molecule has 2 N–H and O–H groups in total. The molecule has 2 aromatic carbocycles. The van der Waals surface area contributed by atoms with Gasteiger partial charge in [-0.3, -0.25) is 0 Å². The summed E-state index contributed by atoms with van der Waals surface area (Å²) in [6.45, 7) is 0.650. The van der Waals surface area contributed by atoms with Crippen LogP contribution in [0.4, 0.5) is 20.2 Å². The molecule has 1 fully saturated rings. The quantitative estimate of drug-likeness (QED) is 0.842. The average Bonchev–Trinajstić information content (AvgIpc) is 2.87. The highest BCUT2D eigenvalue weighted by atomic mass is 19.1. The Balaban J connectivity index is 2.01. The number of nitrogens with two attached hydrogens (primary N) is 1. The van der Waals surface area contributed by atoms with Crippen LogP contribution in [0.3, 0.4) is 0 Å². The Morgan fingerprint density at radius 1 is 1.05 bits per heavy atom. The van der Waals surface area contributed by atoms with E-state index in [0.717, 1.165) is 18.4 Å². The Kier molecular flexibility index (Phi) is 3.30. The van der Waals surface area contributed by atoms with Gasteiger partial charge in [-0.15, -0.1) is 0 Å². The molecule has 0 aliphatic carbocycles. The summed E-state index contributed by atoms with van der Waals surface area (Å²) in [5, 5.41) is 0. The highest BCUT2D eigenvalue weighted by Crippen LogP contribution is 2.39. The molecule has 0 bridgehead atoms. The molecule has 4 heteroatoms. The summed E-state index contributed by atoms with van der Waals surface area (Å²) >= 11 is 0. The highest BCUT2D eigenvalue weighted by Gasteiger charge is 2.30. The minimum atomic E-state index is -0.592. The van der Waals surface area contributed by atoms with Gasteiger partial charge in [-0.05, 0) is 30.5 Å². The third-order valence-corrected chi connectivity index (χ3v) is 3.76. The monoisotopic (exact) mass is 274 g/mol. The SMILES string of the molecule is Nc1cc(F)c(N2CCCC2c2ccccc2)c(F)c1. The third kappa shape index (κ3) is 2.22. The number of nitrogens with zero attached hydrogens (tertiary/aromatic N) is 1. The van der Waals surface area contributed by atoms with Gasteiger partial charge in [-0.1, -0.05) is 30.3 Å². The normalized spacial score (nSPS) is 18.5. The van der Waals surface area contributed by atoms with Crippen LogP contribution in [0, 0.1) is 11.6 Å². The fourth-order valence-electron chi connectivity index (χ4n) is 2.92. The summed E-state index contributed by atoms with van der Waals surface area (Å²) in [4.78, 5) is 1.80. The molecule has 1 heterocycles. The number of hydrogen-bond acceptors (Lipinski definition) is 2. The van der Waals surface area contributed by atoms with Gasteiger partial charge in [-0.25, -0.2) is 8.78 Å². The molecule has 1 aliphatic heterocycles. The second kappa shape index (κ2) is 5.12. The lowest BCUT2D eigenvalue weighted by Gasteiger charge is -2.28. The van der Waals surface area contributed by atoms with Crippen LogP contribution < -0.4 is 10.6 Å². The first kappa shape index (κ1) is 12.9. The minimum Gasteiger partial charge on any atom is -0.399 e. The van der Waals surface area contributed by atoms with Crippen molar-refractivity contribution in [2.24, 2.45) is 0 Å². The molecule has 1 aliphatic rings. The van der Waals surface area contributed by atoms with Crippen LogP contribution >= 0.6 is 0 Å². The largest absolute Gasteiger partial charge is 0.399 e. The molecule has 0 aromatic heterocycles. The Labute approximate surface area is 116 Å². The number of rotatable bonds is 2. The minimum absolute atomic E-state index is 0.0174. The number of halogens is 2. The van der Waals surface area contributed by atoms with Crippen molar-refractivity contribution in [2.45, 2.75) is 18.9 Å². The van der Waals surface area contributed by atoms with E-state index in [0.29, 0.717) is 6.54 Å². The molecular weight excluding hydrogens is 258 g/mol. The molecule has 3 rings (SSSR count). The van der Waals surface area contributed by atoms with Gasteiger partial charge in [0, 0.05) is 12.2 Å². The van der Waals surface area contributed by atoms with E-state index in [1.54, 1.807) is 4.90 Å². The van der Waals surface area contributed by atoms with Gasteiger partial charge in [0.15, 0.2) is 11.6 Å². The summed E-state index contributed by atoms with van der Waals surface area (Å²) in [5.74, 6) is -1.18. The smallest absolute Gasteiger partial charge is 0.151 e. The van der Waals surface area contributed by atoms with Crippen molar-refractivity contribution in [3.05, 3.63) is 59.7 Å². The van der Waals surface area contributed by atoms with E-state index >= 15 is 0 Å². The third-order valence-electron chi connectivity index (χ3n) is 3.76. The molecule has 0 spiro atoms. The number of nitrogen functional groups attached to an aromatic ring is 1. The molecule has 0 saturated carbocycles. The van der Waals surface area contributed by atoms with Crippen molar-refractivity contribution in [3.63, 3.8) is 0 Å². The summed E-state index contributed by atoms with van der Waals surface area (Å²) in [5.41, 5.74) is 6.70. The number of anilines is 2. The van der Waals surface area contributed by atoms with Gasteiger partial charge in [0.05, 0.1) is 6.04 Å². The van der Waals surface area contributed by atoms with Crippen molar-refractivity contribution in [3.8, 4) is 0 Å². The van der Waals surface area contributed by atoms with Crippen LogP contribution in [-0.4, -0.2) is 6.54 Å². The van der Waals surface area contributed by atoms with Crippen LogP contribution in [0.2, 0.25) is 0 Å². The zero-order valence-electron chi connectivity index (χ0n) is 11.0. The maximum atomic E-state index is 14.1. The van der Waals surface area contributed by atoms with Crippen LogP contribution in [-0.2, 0) is 0 Å². The highest BCUT2D eigenvalue weighted by molar-refractivity contribution is 5.57. The van der Waals surface area contributed by atoms with E-state index in [2.05, 4.69) is 0 Å². The fraction of sp³-hybridized carbons (Fsp3) is 0.250. The standard InChI is InChI=1S/C16H16F2N2/c17-13-9-12(19)10-14(18)16(13)20-8-4-7-15(20)11-5-2-1-3-6-11/h1-3,5-6,9-10,15H,4,7-8,19H2. The van der Waals surface area contributed by atoms with Gasteiger partial charge in [0.1, 0.15) is 5.69 Å². The van der Waals surface area contributed by atoms with Gasteiger partial charge >= 0.3 is 0 Å². The maximum Gasteiger partial charge on any atom is 0.151 e. The van der Waals surface area contributed by atoms with Crippen molar-refractivity contribution in [1.29, 1.82) is 0 Å². The molecule has 20 heavy (non-hydrogen) atoms. The summed E-state index contributed by atoms with van der Waals surface area (Å²) in [6.07, 6.45) is 1.82. The van der Waals surface area contributed by atoms with E-state index in [4.69, 9.17) is 5.73 Å². The molecule has 1 saturated heterocycles. The molecular formula is C16H16F2N2. The molecule has 0 radical (unpaired) electrons. The van der Waals surface area contributed by atoms with Crippen molar-refractivity contribution >= 4 is 11.4 Å². The fourth-order valence-corrected chi connectivity index (χ4v) is 2.92. The summed E-state index contributed by atoms with van der Waals surface area (Å²) in [7, 11) is 0. The molecule has 104 valence electrons. The van der Waals surface area contributed by atoms with Crippen LogP contribution in [0.25, 0.3) is 0 Å². The Hall–Kier alpha value is -2.10. The Morgan fingerprint density at radius 2 is 1.70 bits per heavy atom. The van der Waals surface area contributed by atoms with Crippen molar-refractivity contribution in [2.75, 3.05) is 17.2 Å². The first-order chi connectivity index (χ1) is 9.66. The van der Waals surface area contributed by atoms with Gasteiger partial charge in [0.2, 0.25) is 0 Å². The van der Waals surface area contributed by atoms with Crippen molar-refractivity contribution < 1.29 is 8.78 Å². The van der Waals surface area contributed by atoms with Crippen LogP contribution in [0.5, 0.6) is 0 Å². The van der Waals surface area contributed by atoms with Gasteiger partial charge in [0.25, 0.3) is 0 Å².